The second-order valence-corrected chi connectivity index (χ2v) is 3.20. The molecule has 1 aromatic rings. The van der Waals surface area contributed by atoms with E-state index in [0.29, 0.717) is 0 Å². The molecule has 2 atom stereocenters. The Kier molecular flexibility index (Phi) is 3.74. The lowest BCUT2D eigenvalue weighted by molar-refractivity contribution is -0.139. The smallest absolute Gasteiger partial charge is 0.320 e. The van der Waals surface area contributed by atoms with Crippen LogP contribution in [0.25, 0.3) is 0 Å². The highest BCUT2D eigenvalue weighted by atomic mass is 19.1. The minimum Gasteiger partial charge on any atom is -0.480 e. The number of carboxylic acid groups (broad SMARTS) is 1. The van der Waals surface area contributed by atoms with Gasteiger partial charge < -0.3 is 10.8 Å². The van der Waals surface area contributed by atoms with Crippen LogP contribution in [-0.2, 0) is 4.79 Å². The van der Waals surface area contributed by atoms with Crippen molar-refractivity contribution >= 4 is 5.97 Å². The van der Waals surface area contributed by atoms with E-state index in [0.717, 1.165) is 12.1 Å². The maximum Gasteiger partial charge on any atom is 0.320 e. The van der Waals surface area contributed by atoms with Crippen LogP contribution in [-0.4, -0.2) is 17.1 Å². The van der Waals surface area contributed by atoms with Gasteiger partial charge >= 0.3 is 5.97 Å². The van der Waals surface area contributed by atoms with E-state index in [2.05, 4.69) is 0 Å². The summed E-state index contributed by atoms with van der Waals surface area (Å²) in [7, 11) is 0. The molecule has 0 bridgehead atoms. The highest BCUT2D eigenvalue weighted by molar-refractivity contribution is 5.73. The molecule has 0 saturated heterocycles. The number of alkyl halides is 1. The van der Waals surface area contributed by atoms with Crippen molar-refractivity contribution in [2.24, 2.45) is 5.73 Å². The van der Waals surface area contributed by atoms with Crippen molar-refractivity contribution in [3.63, 3.8) is 0 Å². The van der Waals surface area contributed by atoms with Gasteiger partial charge in [0.25, 0.3) is 0 Å². The third-order valence-corrected chi connectivity index (χ3v) is 2.01. The zero-order chi connectivity index (χ0) is 11.4. The van der Waals surface area contributed by atoms with Gasteiger partial charge in [0.15, 0.2) is 0 Å². The van der Waals surface area contributed by atoms with Gasteiger partial charge in [-0.3, -0.25) is 4.79 Å². The number of rotatable bonds is 4. The molecule has 2 unspecified atom stereocenters. The molecular weight excluding hydrogens is 204 g/mol. The van der Waals surface area contributed by atoms with Gasteiger partial charge in [0, 0.05) is 6.42 Å². The van der Waals surface area contributed by atoms with Crippen molar-refractivity contribution < 1.29 is 18.7 Å². The highest BCUT2D eigenvalue weighted by Gasteiger charge is 2.19. The van der Waals surface area contributed by atoms with Crippen LogP contribution in [0.4, 0.5) is 8.78 Å². The van der Waals surface area contributed by atoms with Gasteiger partial charge in [-0.05, 0) is 17.7 Å². The summed E-state index contributed by atoms with van der Waals surface area (Å²) in [4.78, 5) is 10.4. The van der Waals surface area contributed by atoms with Crippen LogP contribution in [0.2, 0.25) is 0 Å². The van der Waals surface area contributed by atoms with Crippen molar-refractivity contribution in [1.29, 1.82) is 0 Å². The average Bonchev–Trinajstić information content (AvgIpc) is 2.18. The quantitative estimate of drug-likeness (QED) is 0.802. The van der Waals surface area contributed by atoms with Crippen LogP contribution in [0.3, 0.4) is 0 Å². The molecule has 0 aliphatic rings. The Morgan fingerprint density at radius 2 is 1.93 bits per heavy atom. The zero-order valence-electron chi connectivity index (χ0n) is 7.86. The lowest BCUT2D eigenvalue weighted by atomic mass is 10.0. The highest BCUT2D eigenvalue weighted by Crippen LogP contribution is 2.22. The normalized spacial score (nSPS) is 14.6. The summed E-state index contributed by atoms with van der Waals surface area (Å²) in [6.45, 7) is 0. The molecule has 15 heavy (non-hydrogen) atoms. The van der Waals surface area contributed by atoms with E-state index in [1.54, 1.807) is 0 Å². The van der Waals surface area contributed by atoms with Gasteiger partial charge in [0.1, 0.15) is 18.0 Å². The Hall–Kier alpha value is -1.49. The van der Waals surface area contributed by atoms with Gasteiger partial charge in [0.2, 0.25) is 0 Å². The number of hydrogen-bond acceptors (Lipinski definition) is 2. The first-order valence-corrected chi connectivity index (χ1v) is 4.38. The summed E-state index contributed by atoms with van der Waals surface area (Å²) in [6, 6.07) is 3.54. The summed E-state index contributed by atoms with van der Waals surface area (Å²) in [6.07, 6.45) is -1.81. The standard InChI is InChI=1S/C10H11F2NO2/c11-7-3-1-6(2-4-7)8(12)5-9(13)10(14)15/h1-4,8-9H,5,13H2,(H,14,15). The van der Waals surface area contributed by atoms with E-state index in [1.807, 2.05) is 0 Å². The number of carbonyl (C=O) groups is 1. The predicted molar refractivity (Wildman–Crippen MR) is 50.5 cm³/mol. The third-order valence-electron chi connectivity index (χ3n) is 2.01. The molecule has 82 valence electrons. The number of halogens is 2. The van der Waals surface area contributed by atoms with E-state index < -0.39 is 24.0 Å². The predicted octanol–water partition coefficient (Wildman–Crippen LogP) is 1.64. The number of aliphatic carboxylic acids is 1. The van der Waals surface area contributed by atoms with Crippen LogP contribution in [0.5, 0.6) is 0 Å². The Labute approximate surface area is 85.5 Å². The molecule has 0 radical (unpaired) electrons. The minimum atomic E-state index is -1.49. The SMILES string of the molecule is NC(CC(F)c1ccc(F)cc1)C(=O)O. The van der Waals surface area contributed by atoms with Crippen LogP contribution in [0.15, 0.2) is 24.3 Å². The van der Waals surface area contributed by atoms with Gasteiger partial charge in [0.05, 0.1) is 0 Å². The van der Waals surface area contributed by atoms with Crippen molar-refractivity contribution in [2.45, 2.75) is 18.6 Å². The maximum absolute atomic E-state index is 13.4. The Morgan fingerprint density at radius 3 is 2.40 bits per heavy atom. The van der Waals surface area contributed by atoms with E-state index in [1.165, 1.54) is 12.1 Å². The second kappa shape index (κ2) is 4.84. The zero-order valence-corrected chi connectivity index (χ0v) is 7.86. The van der Waals surface area contributed by atoms with Crippen molar-refractivity contribution in [3.8, 4) is 0 Å². The Bertz CT molecular complexity index is 340. The third kappa shape index (κ3) is 3.28. The lowest BCUT2D eigenvalue weighted by Gasteiger charge is -2.11. The van der Waals surface area contributed by atoms with Crippen molar-refractivity contribution in [3.05, 3.63) is 35.6 Å². The Balaban J connectivity index is 2.64. The molecule has 0 amide bonds. The average molecular weight is 215 g/mol. The fourth-order valence-corrected chi connectivity index (χ4v) is 1.13. The molecule has 0 aliphatic heterocycles. The summed E-state index contributed by atoms with van der Waals surface area (Å²) in [5.74, 6) is -1.71. The van der Waals surface area contributed by atoms with Crippen LogP contribution >= 0.6 is 0 Å². The van der Waals surface area contributed by atoms with Gasteiger partial charge in [-0.15, -0.1) is 0 Å². The van der Waals surface area contributed by atoms with Crippen molar-refractivity contribution in [2.75, 3.05) is 0 Å². The number of benzene rings is 1. The first-order valence-electron chi connectivity index (χ1n) is 4.38. The monoisotopic (exact) mass is 215 g/mol. The van der Waals surface area contributed by atoms with Crippen LogP contribution < -0.4 is 5.73 Å². The molecular formula is C10H11F2NO2. The van der Waals surface area contributed by atoms with Gasteiger partial charge in [-0.2, -0.15) is 0 Å². The van der Waals surface area contributed by atoms with E-state index in [-0.39, 0.29) is 12.0 Å². The van der Waals surface area contributed by atoms with E-state index in [9.17, 15) is 13.6 Å². The molecule has 0 aliphatic carbocycles. The lowest BCUT2D eigenvalue weighted by Crippen LogP contribution is -2.31. The molecule has 5 heteroatoms. The maximum atomic E-state index is 13.4. The molecule has 0 fully saturated rings. The second-order valence-electron chi connectivity index (χ2n) is 3.20. The largest absolute Gasteiger partial charge is 0.480 e. The Morgan fingerprint density at radius 1 is 1.40 bits per heavy atom. The topological polar surface area (TPSA) is 63.3 Å². The van der Waals surface area contributed by atoms with Crippen LogP contribution in [0.1, 0.15) is 18.2 Å². The molecule has 3 nitrogen and oxygen atoms in total. The van der Waals surface area contributed by atoms with E-state index in [4.69, 9.17) is 10.8 Å². The number of nitrogens with two attached hydrogens (primary N) is 1. The fraction of sp³-hybridized carbons (Fsp3) is 0.300. The summed E-state index contributed by atoms with van der Waals surface area (Å²) < 4.78 is 25.9. The molecule has 1 aromatic carbocycles. The van der Waals surface area contributed by atoms with Crippen molar-refractivity contribution in [1.82, 2.24) is 0 Å². The first kappa shape index (κ1) is 11.6. The van der Waals surface area contributed by atoms with Gasteiger partial charge in [-0.1, -0.05) is 12.1 Å². The molecule has 0 spiro atoms. The summed E-state index contributed by atoms with van der Waals surface area (Å²) in [5, 5.41) is 8.47. The molecule has 0 saturated carbocycles. The number of carboxylic acids is 1. The molecule has 3 N–H and O–H groups in total. The van der Waals surface area contributed by atoms with Gasteiger partial charge in [-0.25, -0.2) is 8.78 Å². The summed E-state index contributed by atoms with van der Waals surface area (Å²) in [5.41, 5.74) is 5.40. The minimum absolute atomic E-state index is 0.230. The van der Waals surface area contributed by atoms with E-state index >= 15 is 0 Å². The molecule has 1 rings (SSSR count). The molecule has 0 aromatic heterocycles. The van der Waals surface area contributed by atoms with Crippen LogP contribution in [0, 0.1) is 5.82 Å². The summed E-state index contributed by atoms with van der Waals surface area (Å²) >= 11 is 0. The first-order chi connectivity index (χ1) is 7.00. The number of hydrogen-bond donors (Lipinski definition) is 2. The fourth-order valence-electron chi connectivity index (χ4n) is 1.13. The molecule has 0 heterocycles.